The zero-order valence-electron chi connectivity index (χ0n) is 15.6. The monoisotopic (exact) mass is 402 g/mol. The van der Waals surface area contributed by atoms with Gasteiger partial charge in [0.25, 0.3) is 5.56 Å². The SMILES string of the molecule is CC(Sc1nc2ccccc2c(=O)n1-c1ccccc1)C(=O)Nc1cccnc1. The van der Waals surface area contributed by atoms with Crippen molar-refractivity contribution in [2.45, 2.75) is 17.3 Å². The highest BCUT2D eigenvalue weighted by Gasteiger charge is 2.20. The summed E-state index contributed by atoms with van der Waals surface area (Å²) in [5.41, 5.74) is 1.77. The Morgan fingerprint density at radius 1 is 1.03 bits per heavy atom. The number of amides is 1. The molecule has 7 heteroatoms. The van der Waals surface area contributed by atoms with Crippen LogP contribution in [0, 0.1) is 0 Å². The van der Waals surface area contributed by atoms with Gasteiger partial charge in [0.2, 0.25) is 5.91 Å². The van der Waals surface area contributed by atoms with Crippen LogP contribution in [0.5, 0.6) is 0 Å². The molecule has 1 atom stereocenters. The number of para-hydroxylation sites is 2. The first kappa shape index (κ1) is 18.9. The molecular formula is C22H18N4O2S. The van der Waals surface area contributed by atoms with Crippen LogP contribution in [-0.4, -0.2) is 25.7 Å². The third kappa shape index (κ3) is 4.05. The molecule has 1 N–H and O–H groups in total. The normalized spacial score (nSPS) is 11.9. The number of carbonyl (C=O) groups excluding carboxylic acids is 1. The van der Waals surface area contributed by atoms with Gasteiger partial charge in [-0.3, -0.25) is 19.1 Å². The Morgan fingerprint density at radius 3 is 2.55 bits per heavy atom. The summed E-state index contributed by atoms with van der Waals surface area (Å²) in [5, 5.41) is 3.36. The molecule has 4 aromatic rings. The number of hydrogen-bond acceptors (Lipinski definition) is 5. The van der Waals surface area contributed by atoms with Gasteiger partial charge < -0.3 is 5.32 Å². The number of thioether (sulfide) groups is 1. The third-order valence-electron chi connectivity index (χ3n) is 4.34. The first-order valence-electron chi connectivity index (χ1n) is 9.08. The highest BCUT2D eigenvalue weighted by atomic mass is 32.2. The van der Waals surface area contributed by atoms with Gasteiger partial charge in [-0.05, 0) is 43.3 Å². The molecule has 0 aliphatic heterocycles. The summed E-state index contributed by atoms with van der Waals surface area (Å²) in [5.74, 6) is -0.190. The third-order valence-corrected chi connectivity index (χ3v) is 5.39. The topological polar surface area (TPSA) is 76.9 Å². The predicted octanol–water partition coefficient (Wildman–Crippen LogP) is 3.90. The van der Waals surface area contributed by atoms with Crippen LogP contribution < -0.4 is 10.9 Å². The van der Waals surface area contributed by atoms with Crippen molar-refractivity contribution in [2.24, 2.45) is 0 Å². The summed E-state index contributed by atoms with van der Waals surface area (Å²) in [4.78, 5) is 34.5. The zero-order valence-corrected chi connectivity index (χ0v) is 16.5. The molecule has 2 aromatic carbocycles. The van der Waals surface area contributed by atoms with Crippen molar-refractivity contribution in [1.82, 2.24) is 14.5 Å². The molecule has 4 rings (SSSR count). The van der Waals surface area contributed by atoms with E-state index in [2.05, 4.69) is 15.3 Å². The maximum Gasteiger partial charge on any atom is 0.266 e. The van der Waals surface area contributed by atoms with E-state index in [4.69, 9.17) is 0 Å². The van der Waals surface area contributed by atoms with E-state index in [0.717, 1.165) is 0 Å². The average molecular weight is 402 g/mol. The lowest BCUT2D eigenvalue weighted by atomic mass is 10.2. The van der Waals surface area contributed by atoms with Gasteiger partial charge >= 0.3 is 0 Å². The van der Waals surface area contributed by atoms with Crippen LogP contribution >= 0.6 is 11.8 Å². The first-order chi connectivity index (χ1) is 14.1. The molecule has 1 amide bonds. The number of anilines is 1. The van der Waals surface area contributed by atoms with Gasteiger partial charge in [0, 0.05) is 6.20 Å². The smallest absolute Gasteiger partial charge is 0.266 e. The van der Waals surface area contributed by atoms with E-state index >= 15 is 0 Å². The second-order valence-corrected chi connectivity index (χ2v) is 7.69. The highest BCUT2D eigenvalue weighted by molar-refractivity contribution is 8.00. The summed E-state index contributed by atoms with van der Waals surface area (Å²) in [6, 6.07) is 20.1. The van der Waals surface area contributed by atoms with Crippen molar-refractivity contribution in [3.63, 3.8) is 0 Å². The minimum atomic E-state index is -0.474. The van der Waals surface area contributed by atoms with Gasteiger partial charge in [0.15, 0.2) is 5.16 Å². The molecule has 144 valence electrons. The second-order valence-electron chi connectivity index (χ2n) is 6.38. The standard InChI is InChI=1S/C22H18N4O2S/c1-15(20(27)24-16-8-7-13-23-14-16)29-22-25-19-12-6-5-11-18(19)21(28)26(22)17-9-3-2-4-10-17/h2-15H,1H3,(H,24,27). The van der Waals surface area contributed by atoms with Gasteiger partial charge in [-0.2, -0.15) is 0 Å². The van der Waals surface area contributed by atoms with Gasteiger partial charge in [0.05, 0.1) is 33.7 Å². The van der Waals surface area contributed by atoms with Crippen LogP contribution in [0.2, 0.25) is 0 Å². The van der Waals surface area contributed by atoms with E-state index in [-0.39, 0.29) is 11.5 Å². The van der Waals surface area contributed by atoms with Gasteiger partial charge in [-0.25, -0.2) is 4.98 Å². The molecule has 2 aromatic heterocycles. The molecule has 29 heavy (non-hydrogen) atoms. The number of benzene rings is 2. The van der Waals surface area contributed by atoms with Crippen LogP contribution in [0.4, 0.5) is 5.69 Å². The minimum Gasteiger partial charge on any atom is -0.324 e. The lowest BCUT2D eigenvalue weighted by Crippen LogP contribution is -2.26. The molecule has 0 saturated heterocycles. The number of nitrogens with zero attached hydrogens (tertiary/aromatic N) is 3. The number of fused-ring (bicyclic) bond motifs is 1. The van der Waals surface area contributed by atoms with Crippen molar-refractivity contribution in [3.8, 4) is 5.69 Å². The molecule has 0 fully saturated rings. The molecule has 1 unspecified atom stereocenters. The van der Waals surface area contributed by atoms with Crippen molar-refractivity contribution in [2.75, 3.05) is 5.32 Å². The van der Waals surface area contributed by atoms with Crippen LogP contribution in [-0.2, 0) is 4.79 Å². The fraction of sp³-hybridized carbons (Fsp3) is 0.0909. The van der Waals surface area contributed by atoms with E-state index in [0.29, 0.717) is 27.4 Å². The minimum absolute atomic E-state index is 0.163. The van der Waals surface area contributed by atoms with Crippen LogP contribution in [0.3, 0.4) is 0 Å². The van der Waals surface area contributed by atoms with E-state index in [1.165, 1.54) is 11.8 Å². The molecule has 0 aliphatic carbocycles. The molecule has 0 bridgehead atoms. The Labute approximate surface area is 171 Å². The van der Waals surface area contributed by atoms with Crippen molar-refractivity contribution in [3.05, 3.63) is 89.5 Å². The largest absolute Gasteiger partial charge is 0.324 e. The molecule has 2 heterocycles. The average Bonchev–Trinajstić information content (AvgIpc) is 2.75. The van der Waals surface area contributed by atoms with Crippen LogP contribution in [0.25, 0.3) is 16.6 Å². The highest BCUT2D eigenvalue weighted by Crippen LogP contribution is 2.25. The Balaban J connectivity index is 1.72. The van der Waals surface area contributed by atoms with Crippen LogP contribution in [0.15, 0.2) is 89.1 Å². The van der Waals surface area contributed by atoms with Gasteiger partial charge in [-0.1, -0.05) is 42.1 Å². The quantitative estimate of drug-likeness (QED) is 0.405. The van der Waals surface area contributed by atoms with Crippen LogP contribution in [0.1, 0.15) is 6.92 Å². The van der Waals surface area contributed by atoms with Gasteiger partial charge in [0.1, 0.15) is 0 Å². The Morgan fingerprint density at radius 2 is 1.79 bits per heavy atom. The summed E-state index contributed by atoms with van der Waals surface area (Å²) in [7, 11) is 0. The molecule has 0 radical (unpaired) electrons. The lowest BCUT2D eigenvalue weighted by molar-refractivity contribution is -0.115. The van der Waals surface area contributed by atoms with E-state index in [9.17, 15) is 9.59 Å². The summed E-state index contributed by atoms with van der Waals surface area (Å²) in [6.45, 7) is 1.78. The molecule has 6 nitrogen and oxygen atoms in total. The predicted molar refractivity (Wildman–Crippen MR) is 116 cm³/mol. The Hall–Kier alpha value is -3.45. The van der Waals surface area contributed by atoms with E-state index < -0.39 is 5.25 Å². The number of pyridine rings is 1. The second kappa shape index (κ2) is 8.28. The summed E-state index contributed by atoms with van der Waals surface area (Å²) >= 11 is 1.24. The number of rotatable bonds is 5. The maximum absolute atomic E-state index is 13.2. The maximum atomic E-state index is 13.2. The summed E-state index contributed by atoms with van der Waals surface area (Å²) < 4.78 is 1.56. The molecular weight excluding hydrogens is 384 g/mol. The van der Waals surface area contributed by atoms with Crippen molar-refractivity contribution < 1.29 is 4.79 Å². The number of hydrogen-bond donors (Lipinski definition) is 1. The Kier molecular flexibility index (Phi) is 5.39. The fourth-order valence-electron chi connectivity index (χ4n) is 2.89. The first-order valence-corrected chi connectivity index (χ1v) is 9.96. The molecule has 0 saturated carbocycles. The number of carbonyl (C=O) groups is 1. The van der Waals surface area contributed by atoms with E-state index in [1.54, 1.807) is 48.1 Å². The zero-order chi connectivity index (χ0) is 20.2. The lowest BCUT2D eigenvalue weighted by Gasteiger charge is -2.16. The summed E-state index contributed by atoms with van der Waals surface area (Å²) in [6.07, 6.45) is 3.23. The Bertz CT molecular complexity index is 1210. The van der Waals surface area contributed by atoms with E-state index in [1.807, 2.05) is 42.5 Å². The van der Waals surface area contributed by atoms with Gasteiger partial charge in [-0.15, -0.1) is 0 Å². The molecule has 0 spiro atoms. The van der Waals surface area contributed by atoms with Crippen molar-refractivity contribution >= 4 is 34.3 Å². The number of aromatic nitrogens is 3. The van der Waals surface area contributed by atoms with Crippen molar-refractivity contribution in [1.29, 1.82) is 0 Å². The fourth-order valence-corrected chi connectivity index (χ4v) is 3.82. The molecule has 0 aliphatic rings. The number of nitrogens with one attached hydrogen (secondary N) is 1.